The number of carbonyl (C=O) groups is 1. The van der Waals surface area contributed by atoms with Crippen LogP contribution in [-0.4, -0.2) is 25.2 Å². The first-order valence-electron chi connectivity index (χ1n) is 7.39. The van der Waals surface area contributed by atoms with Crippen LogP contribution in [0.4, 0.5) is 0 Å². The van der Waals surface area contributed by atoms with Crippen LogP contribution < -0.4 is 5.32 Å². The normalized spacial score (nSPS) is 16.2. The summed E-state index contributed by atoms with van der Waals surface area (Å²) in [5, 5.41) is 7.20. The smallest absolute Gasteiger partial charge is 0.268 e. The van der Waals surface area contributed by atoms with Gasteiger partial charge in [0, 0.05) is 19.3 Å². The van der Waals surface area contributed by atoms with E-state index in [1.165, 1.54) is 6.33 Å². The van der Waals surface area contributed by atoms with Crippen LogP contribution in [0.15, 0.2) is 24.7 Å². The zero-order valence-electron chi connectivity index (χ0n) is 12.7. The molecule has 6 nitrogen and oxygen atoms in total. The first-order valence-corrected chi connectivity index (χ1v) is 7.39. The zero-order valence-corrected chi connectivity index (χ0v) is 12.7. The summed E-state index contributed by atoms with van der Waals surface area (Å²) < 4.78 is 3.79. The molecular weight excluding hydrogens is 266 g/mol. The Hall–Kier alpha value is -2.11. The zero-order chi connectivity index (χ0) is 15.0. The summed E-state index contributed by atoms with van der Waals surface area (Å²) in [7, 11) is 1.84. The second-order valence-corrected chi connectivity index (χ2v) is 5.97. The van der Waals surface area contributed by atoms with Gasteiger partial charge < -0.3 is 9.88 Å². The molecule has 112 valence electrons. The molecule has 0 bridgehead atoms. The predicted molar refractivity (Wildman–Crippen MR) is 78.8 cm³/mol. The van der Waals surface area contributed by atoms with E-state index >= 15 is 0 Å². The van der Waals surface area contributed by atoms with E-state index in [0.717, 1.165) is 24.4 Å². The lowest BCUT2D eigenvalue weighted by Gasteiger charge is -2.21. The van der Waals surface area contributed by atoms with Gasteiger partial charge in [0.25, 0.3) is 5.91 Å². The molecule has 2 heterocycles. The van der Waals surface area contributed by atoms with E-state index in [0.29, 0.717) is 6.04 Å². The Kier molecular flexibility index (Phi) is 3.53. The molecule has 0 saturated heterocycles. The minimum atomic E-state index is -0.146. The van der Waals surface area contributed by atoms with Crippen molar-refractivity contribution in [3.05, 3.63) is 36.2 Å². The number of rotatable bonds is 5. The molecule has 1 aliphatic carbocycles. The minimum absolute atomic E-state index is 0.0476. The number of amides is 1. The number of nitrogens with zero attached hydrogens (tertiary/aromatic N) is 4. The summed E-state index contributed by atoms with van der Waals surface area (Å²) in [5.74, 6) is 0.970. The molecule has 0 spiro atoms. The van der Waals surface area contributed by atoms with Crippen molar-refractivity contribution in [2.45, 2.75) is 38.8 Å². The van der Waals surface area contributed by atoms with Crippen LogP contribution >= 0.6 is 0 Å². The number of hydrogen-bond donors (Lipinski definition) is 1. The Bertz CT molecular complexity index is 638. The Morgan fingerprint density at radius 3 is 2.76 bits per heavy atom. The van der Waals surface area contributed by atoms with Gasteiger partial charge in [-0.05, 0) is 30.9 Å². The van der Waals surface area contributed by atoms with Crippen LogP contribution in [0.5, 0.6) is 0 Å². The highest BCUT2D eigenvalue weighted by Crippen LogP contribution is 2.36. The predicted octanol–water partition coefficient (Wildman–Crippen LogP) is 2.08. The third-order valence-electron chi connectivity index (χ3n) is 3.93. The van der Waals surface area contributed by atoms with E-state index in [2.05, 4.69) is 33.8 Å². The lowest BCUT2D eigenvalue weighted by Crippen LogP contribution is -2.34. The van der Waals surface area contributed by atoms with E-state index in [1.54, 1.807) is 4.68 Å². The van der Waals surface area contributed by atoms with Crippen molar-refractivity contribution in [1.29, 1.82) is 0 Å². The summed E-state index contributed by atoms with van der Waals surface area (Å²) in [6.07, 6.45) is 5.82. The number of nitrogens with one attached hydrogen (secondary N) is 1. The molecule has 1 fully saturated rings. The number of hydrogen-bond acceptors (Lipinski definition) is 3. The molecule has 1 amide bonds. The molecule has 1 atom stereocenters. The van der Waals surface area contributed by atoms with Crippen LogP contribution in [0, 0.1) is 5.92 Å². The molecule has 0 unspecified atom stereocenters. The maximum Gasteiger partial charge on any atom is 0.268 e. The van der Waals surface area contributed by atoms with Crippen molar-refractivity contribution in [3.8, 4) is 0 Å². The van der Waals surface area contributed by atoms with E-state index in [1.807, 2.05) is 25.4 Å². The third-order valence-corrected chi connectivity index (χ3v) is 3.93. The van der Waals surface area contributed by atoms with Gasteiger partial charge in [0.05, 0.1) is 6.04 Å². The average Bonchev–Trinajstić information content (AvgIpc) is 3.01. The van der Waals surface area contributed by atoms with Gasteiger partial charge in [-0.3, -0.25) is 9.48 Å². The Balaban J connectivity index is 1.81. The van der Waals surface area contributed by atoms with E-state index < -0.39 is 0 Å². The van der Waals surface area contributed by atoms with Crippen molar-refractivity contribution in [1.82, 2.24) is 24.6 Å². The summed E-state index contributed by atoms with van der Waals surface area (Å²) >= 11 is 0. The highest BCUT2D eigenvalue weighted by molar-refractivity contribution is 5.93. The fourth-order valence-electron chi connectivity index (χ4n) is 2.59. The molecule has 21 heavy (non-hydrogen) atoms. The lowest BCUT2D eigenvalue weighted by atomic mass is 10.0. The minimum Gasteiger partial charge on any atom is -0.340 e. The average molecular weight is 287 g/mol. The Morgan fingerprint density at radius 1 is 1.43 bits per heavy atom. The molecule has 2 aromatic heterocycles. The largest absolute Gasteiger partial charge is 0.340 e. The van der Waals surface area contributed by atoms with Gasteiger partial charge >= 0.3 is 0 Å². The molecule has 1 N–H and O–H groups in total. The monoisotopic (exact) mass is 287 g/mol. The highest BCUT2D eigenvalue weighted by Gasteiger charge is 2.29. The molecule has 6 heteroatoms. The first kappa shape index (κ1) is 13.9. The van der Waals surface area contributed by atoms with Gasteiger partial charge in [-0.15, -0.1) is 0 Å². The Labute approximate surface area is 124 Å². The molecule has 0 aliphatic heterocycles. The van der Waals surface area contributed by atoms with Crippen LogP contribution in [0.2, 0.25) is 0 Å². The maximum atomic E-state index is 12.6. The van der Waals surface area contributed by atoms with Gasteiger partial charge in [-0.2, -0.15) is 5.10 Å². The molecule has 1 aliphatic rings. The van der Waals surface area contributed by atoms with Crippen LogP contribution in [0.3, 0.4) is 0 Å². The summed E-state index contributed by atoms with van der Waals surface area (Å²) in [4.78, 5) is 16.9. The Morgan fingerprint density at radius 2 is 2.19 bits per heavy atom. The van der Waals surface area contributed by atoms with E-state index in [9.17, 15) is 4.79 Å². The van der Waals surface area contributed by atoms with Gasteiger partial charge in [0.15, 0.2) is 0 Å². The van der Waals surface area contributed by atoms with Crippen molar-refractivity contribution in [2.24, 2.45) is 13.0 Å². The van der Waals surface area contributed by atoms with Crippen LogP contribution in [0.1, 0.15) is 55.1 Å². The van der Waals surface area contributed by atoms with Gasteiger partial charge in [0.1, 0.15) is 17.8 Å². The topological polar surface area (TPSA) is 64.7 Å². The lowest BCUT2D eigenvalue weighted by molar-refractivity contribution is 0.0912. The summed E-state index contributed by atoms with van der Waals surface area (Å²) in [5.41, 5.74) is 0.727. The fraction of sp³-hybridized carbons (Fsp3) is 0.533. The molecular formula is C15H21N5O. The van der Waals surface area contributed by atoms with Crippen LogP contribution in [0.25, 0.3) is 0 Å². The molecule has 0 aromatic carbocycles. The van der Waals surface area contributed by atoms with Crippen molar-refractivity contribution in [2.75, 3.05) is 0 Å². The SMILES string of the molecule is CC(C)[C@H](NC(=O)c1cccn1C1CC1)c1ncnn1C. The van der Waals surface area contributed by atoms with Crippen molar-refractivity contribution < 1.29 is 4.79 Å². The number of aryl methyl sites for hydroxylation is 1. The number of carbonyl (C=O) groups excluding carboxylic acids is 1. The summed E-state index contributed by atoms with van der Waals surface area (Å²) in [6.45, 7) is 4.14. The molecule has 3 rings (SSSR count). The van der Waals surface area contributed by atoms with Crippen molar-refractivity contribution >= 4 is 5.91 Å². The number of aromatic nitrogens is 4. The second kappa shape index (κ2) is 5.35. The fourth-order valence-corrected chi connectivity index (χ4v) is 2.59. The third kappa shape index (κ3) is 2.70. The van der Waals surface area contributed by atoms with Crippen molar-refractivity contribution in [3.63, 3.8) is 0 Å². The first-order chi connectivity index (χ1) is 10.1. The van der Waals surface area contributed by atoms with Gasteiger partial charge in [-0.25, -0.2) is 4.98 Å². The molecule has 1 saturated carbocycles. The highest BCUT2D eigenvalue weighted by atomic mass is 16.2. The van der Waals surface area contributed by atoms with Crippen LogP contribution in [-0.2, 0) is 7.05 Å². The molecule has 0 radical (unpaired) electrons. The van der Waals surface area contributed by atoms with Gasteiger partial charge in [0.2, 0.25) is 0 Å². The standard InChI is InChI=1S/C15H21N5O/c1-10(2)13(14-16-9-17-19(14)3)18-15(21)12-5-4-8-20(12)11-6-7-11/h4-5,8-11,13H,6-7H2,1-3H3,(H,18,21)/t13-/m0/s1. The summed E-state index contributed by atoms with van der Waals surface area (Å²) in [6, 6.07) is 4.15. The molecule has 2 aromatic rings. The van der Waals surface area contributed by atoms with Gasteiger partial charge in [-0.1, -0.05) is 13.8 Å². The van der Waals surface area contributed by atoms with E-state index in [4.69, 9.17) is 0 Å². The quantitative estimate of drug-likeness (QED) is 0.915. The maximum absolute atomic E-state index is 12.6. The van der Waals surface area contributed by atoms with E-state index in [-0.39, 0.29) is 17.9 Å². The second-order valence-electron chi connectivity index (χ2n) is 5.97.